The van der Waals surface area contributed by atoms with E-state index < -0.39 is 17.6 Å². The summed E-state index contributed by atoms with van der Waals surface area (Å²) in [6.07, 6.45) is -4.68. The molecule has 4 N–H and O–H groups in total. The molecule has 0 aliphatic heterocycles. The zero-order chi connectivity index (χ0) is 22.1. The molecule has 2 rings (SSSR count). The number of nitrogens with one attached hydrogen (secondary N) is 3. The largest absolute Gasteiger partial charge is 0.508 e. The summed E-state index contributed by atoms with van der Waals surface area (Å²) in [4.78, 5) is 16.1. The van der Waals surface area contributed by atoms with Crippen LogP contribution in [0.1, 0.15) is 28.4 Å². The van der Waals surface area contributed by atoms with Gasteiger partial charge in [-0.2, -0.15) is 13.2 Å². The Balaban J connectivity index is 0.00000480. The minimum Gasteiger partial charge on any atom is -0.508 e. The van der Waals surface area contributed by atoms with Gasteiger partial charge in [0, 0.05) is 25.2 Å². The number of hydrogen-bond acceptors (Lipinski definition) is 3. The molecule has 0 fully saturated rings. The van der Waals surface area contributed by atoms with Gasteiger partial charge in [0.25, 0.3) is 5.91 Å². The lowest BCUT2D eigenvalue weighted by Crippen LogP contribution is -2.41. The first kappa shape index (κ1) is 26.5. The van der Waals surface area contributed by atoms with Crippen LogP contribution in [0.5, 0.6) is 5.75 Å². The predicted octanol–water partition coefficient (Wildman–Crippen LogP) is 3.65. The number of alkyl halides is 3. The Hall–Kier alpha value is -2.57. The van der Waals surface area contributed by atoms with Gasteiger partial charge in [0.15, 0.2) is 5.96 Å². The van der Waals surface area contributed by atoms with Gasteiger partial charge in [0.1, 0.15) is 11.6 Å². The van der Waals surface area contributed by atoms with Gasteiger partial charge >= 0.3 is 6.18 Å². The van der Waals surface area contributed by atoms with Gasteiger partial charge in [-0.25, -0.2) is 9.38 Å². The smallest absolute Gasteiger partial charge is 0.416 e. The lowest BCUT2D eigenvalue weighted by Gasteiger charge is -2.14. The van der Waals surface area contributed by atoms with Crippen LogP contribution in [0.3, 0.4) is 0 Å². The van der Waals surface area contributed by atoms with E-state index in [9.17, 15) is 27.5 Å². The highest BCUT2D eigenvalue weighted by atomic mass is 127. The van der Waals surface area contributed by atoms with Gasteiger partial charge < -0.3 is 21.1 Å². The van der Waals surface area contributed by atoms with Crippen LogP contribution >= 0.6 is 24.0 Å². The van der Waals surface area contributed by atoms with E-state index in [0.29, 0.717) is 18.2 Å². The molecule has 0 aromatic heterocycles. The van der Waals surface area contributed by atoms with Crippen LogP contribution in [-0.4, -0.2) is 36.6 Å². The monoisotopic (exact) mass is 554 g/mol. The molecule has 6 nitrogen and oxygen atoms in total. The molecule has 0 atom stereocenters. The Labute approximate surface area is 194 Å². The number of rotatable bonds is 7. The van der Waals surface area contributed by atoms with Crippen molar-refractivity contribution in [2.75, 3.05) is 19.6 Å². The second kappa shape index (κ2) is 12.3. The fourth-order valence-corrected chi connectivity index (χ4v) is 2.53. The van der Waals surface area contributed by atoms with Gasteiger partial charge in [0.05, 0.1) is 12.1 Å². The molecule has 1 amide bonds. The third-order valence-corrected chi connectivity index (χ3v) is 3.96. The highest BCUT2D eigenvalue weighted by Crippen LogP contribution is 2.32. The number of carbonyl (C=O) groups is 1. The average Bonchev–Trinajstić information content (AvgIpc) is 2.69. The van der Waals surface area contributed by atoms with Crippen molar-refractivity contribution in [2.45, 2.75) is 19.6 Å². The molecular weight excluding hydrogens is 531 g/mol. The van der Waals surface area contributed by atoms with Crippen molar-refractivity contribution in [3.05, 3.63) is 65.0 Å². The van der Waals surface area contributed by atoms with E-state index in [2.05, 4.69) is 20.9 Å². The number of halogens is 5. The first-order valence-electron chi connectivity index (χ1n) is 9.15. The Morgan fingerprint density at radius 3 is 2.29 bits per heavy atom. The van der Waals surface area contributed by atoms with Crippen molar-refractivity contribution < 1.29 is 27.5 Å². The quantitative estimate of drug-likeness (QED) is 0.139. The first-order valence-corrected chi connectivity index (χ1v) is 9.15. The standard InChI is InChI=1S/C20H22F4N4O2.HI/c1-2-25-19(27-10-9-26-18(30)13-4-7-16(29)8-5-13)28-12-14-3-6-15(21)11-17(14)20(22,23)24;/h3-8,11,29H,2,9-10,12H2,1H3,(H,26,30)(H2,25,27,28);1H. The summed E-state index contributed by atoms with van der Waals surface area (Å²) in [5.74, 6) is -0.993. The summed E-state index contributed by atoms with van der Waals surface area (Å²) in [5, 5.41) is 17.7. The fraction of sp³-hybridized carbons (Fsp3) is 0.300. The van der Waals surface area contributed by atoms with Crippen molar-refractivity contribution >= 4 is 35.8 Å². The van der Waals surface area contributed by atoms with Gasteiger partial charge in [-0.15, -0.1) is 24.0 Å². The second-order valence-electron chi connectivity index (χ2n) is 6.22. The van der Waals surface area contributed by atoms with E-state index in [1.807, 2.05) is 0 Å². The Kier molecular flexibility index (Phi) is 10.5. The third kappa shape index (κ3) is 8.59. The molecule has 0 radical (unpaired) electrons. The minimum atomic E-state index is -4.68. The highest BCUT2D eigenvalue weighted by Gasteiger charge is 2.33. The van der Waals surface area contributed by atoms with E-state index in [1.165, 1.54) is 24.3 Å². The number of nitrogens with zero attached hydrogens (tertiary/aromatic N) is 1. The SMILES string of the molecule is CCNC(=NCc1ccc(F)cc1C(F)(F)F)NCCNC(=O)c1ccc(O)cc1.I. The molecule has 170 valence electrons. The Morgan fingerprint density at radius 2 is 1.68 bits per heavy atom. The summed E-state index contributed by atoms with van der Waals surface area (Å²) >= 11 is 0. The number of aromatic hydroxyl groups is 1. The van der Waals surface area contributed by atoms with Crippen LogP contribution in [0.2, 0.25) is 0 Å². The van der Waals surface area contributed by atoms with E-state index in [4.69, 9.17) is 0 Å². The van der Waals surface area contributed by atoms with E-state index in [1.54, 1.807) is 6.92 Å². The molecule has 0 bridgehead atoms. The van der Waals surface area contributed by atoms with Gasteiger partial charge in [-0.3, -0.25) is 4.79 Å². The van der Waals surface area contributed by atoms with Crippen LogP contribution < -0.4 is 16.0 Å². The van der Waals surface area contributed by atoms with Crippen LogP contribution in [0.4, 0.5) is 17.6 Å². The van der Waals surface area contributed by atoms with Crippen molar-refractivity contribution in [1.29, 1.82) is 0 Å². The number of guanidine groups is 1. The average molecular weight is 554 g/mol. The highest BCUT2D eigenvalue weighted by molar-refractivity contribution is 14.0. The molecule has 0 aliphatic carbocycles. The maximum atomic E-state index is 13.2. The maximum Gasteiger partial charge on any atom is 0.416 e. The van der Waals surface area contributed by atoms with Crippen molar-refractivity contribution in [3.63, 3.8) is 0 Å². The van der Waals surface area contributed by atoms with Gasteiger partial charge in [0.2, 0.25) is 0 Å². The topological polar surface area (TPSA) is 85.8 Å². The summed E-state index contributed by atoms with van der Waals surface area (Å²) in [6.45, 7) is 2.47. The molecule has 0 aliphatic rings. The van der Waals surface area contributed by atoms with Gasteiger partial charge in [-0.1, -0.05) is 6.07 Å². The van der Waals surface area contributed by atoms with E-state index in [0.717, 1.165) is 12.1 Å². The number of phenolic OH excluding ortho intramolecular Hbond substituents is 1. The summed E-state index contributed by atoms with van der Waals surface area (Å²) in [5.41, 5.74) is -0.839. The van der Waals surface area contributed by atoms with Crippen LogP contribution in [0.25, 0.3) is 0 Å². The van der Waals surface area contributed by atoms with Crippen molar-refractivity contribution in [2.24, 2.45) is 4.99 Å². The number of aliphatic imine (C=N–C) groups is 1. The van der Waals surface area contributed by atoms with Crippen LogP contribution in [-0.2, 0) is 12.7 Å². The predicted molar refractivity (Wildman–Crippen MR) is 120 cm³/mol. The van der Waals surface area contributed by atoms with E-state index in [-0.39, 0.29) is 66.8 Å². The third-order valence-electron chi connectivity index (χ3n) is 3.96. The van der Waals surface area contributed by atoms with Crippen LogP contribution in [0.15, 0.2) is 47.5 Å². The van der Waals surface area contributed by atoms with Crippen molar-refractivity contribution in [3.8, 4) is 5.75 Å². The lowest BCUT2D eigenvalue weighted by atomic mass is 10.1. The fourth-order valence-electron chi connectivity index (χ4n) is 2.53. The second-order valence-corrected chi connectivity index (χ2v) is 6.22. The number of amides is 1. The molecule has 31 heavy (non-hydrogen) atoms. The summed E-state index contributed by atoms with van der Waals surface area (Å²) in [6, 6.07) is 8.21. The lowest BCUT2D eigenvalue weighted by molar-refractivity contribution is -0.138. The minimum absolute atomic E-state index is 0. The Morgan fingerprint density at radius 1 is 1.03 bits per heavy atom. The molecule has 0 heterocycles. The van der Waals surface area contributed by atoms with Crippen LogP contribution in [0, 0.1) is 5.82 Å². The number of benzene rings is 2. The van der Waals surface area contributed by atoms with E-state index >= 15 is 0 Å². The molecule has 0 saturated carbocycles. The zero-order valence-corrected chi connectivity index (χ0v) is 18.9. The van der Waals surface area contributed by atoms with Crippen molar-refractivity contribution in [1.82, 2.24) is 16.0 Å². The number of phenols is 1. The molecule has 11 heteroatoms. The summed E-state index contributed by atoms with van der Waals surface area (Å²) in [7, 11) is 0. The molecule has 0 unspecified atom stereocenters. The maximum absolute atomic E-state index is 13.2. The number of hydrogen-bond donors (Lipinski definition) is 4. The number of carbonyl (C=O) groups excluding carboxylic acids is 1. The summed E-state index contributed by atoms with van der Waals surface area (Å²) < 4.78 is 52.5. The Bertz CT molecular complexity index is 890. The molecule has 0 spiro atoms. The first-order chi connectivity index (χ1) is 14.2. The zero-order valence-electron chi connectivity index (χ0n) is 16.6. The molecule has 2 aromatic rings. The molecule has 2 aromatic carbocycles. The normalized spacial score (nSPS) is 11.5. The van der Waals surface area contributed by atoms with Gasteiger partial charge in [-0.05, 0) is 48.9 Å². The molecule has 0 saturated heterocycles. The molecular formula is C20H23F4IN4O2.